The molecule has 0 unspecified atom stereocenters. The molecular formula is C15H19FN4O3. The molecule has 2 rings (SSSR count). The van der Waals surface area contributed by atoms with E-state index in [1.165, 1.54) is 30.7 Å². The summed E-state index contributed by atoms with van der Waals surface area (Å²) in [6.07, 6.45) is 5.15. The summed E-state index contributed by atoms with van der Waals surface area (Å²) in [6.45, 7) is 2.72. The van der Waals surface area contributed by atoms with Crippen LogP contribution in [0.2, 0.25) is 0 Å². The third kappa shape index (κ3) is 4.11. The number of rotatable bonds is 5. The number of carbonyl (C=O) groups is 2. The van der Waals surface area contributed by atoms with E-state index in [1.54, 1.807) is 0 Å². The first kappa shape index (κ1) is 17.0. The second-order valence-corrected chi connectivity index (χ2v) is 5.45. The summed E-state index contributed by atoms with van der Waals surface area (Å²) in [6, 6.07) is 1.20. The van der Waals surface area contributed by atoms with Crippen LogP contribution in [0.5, 0.6) is 0 Å². The van der Waals surface area contributed by atoms with Gasteiger partial charge in [0.25, 0.3) is 5.91 Å². The van der Waals surface area contributed by atoms with Gasteiger partial charge in [-0.3, -0.25) is 14.8 Å². The first-order valence-corrected chi connectivity index (χ1v) is 7.24. The molecular weight excluding hydrogens is 303 g/mol. The van der Waals surface area contributed by atoms with Gasteiger partial charge in [0.15, 0.2) is 17.4 Å². The summed E-state index contributed by atoms with van der Waals surface area (Å²) in [5.41, 5.74) is 0.932. The second-order valence-electron chi connectivity index (χ2n) is 5.45. The Morgan fingerprint density at radius 2 is 2.30 bits per heavy atom. The number of halogens is 1. The van der Waals surface area contributed by atoms with E-state index >= 15 is 0 Å². The number of nitrogens with one attached hydrogen (secondary N) is 3. The number of ketones is 1. The van der Waals surface area contributed by atoms with Crippen molar-refractivity contribution in [3.8, 4) is 0 Å². The Kier molecular flexibility index (Phi) is 5.41. The van der Waals surface area contributed by atoms with Crippen LogP contribution < -0.4 is 16.1 Å². The Balaban J connectivity index is 2.18. The highest BCUT2D eigenvalue weighted by Crippen LogP contribution is 2.24. The monoisotopic (exact) mass is 322 g/mol. The number of hydrogen-bond donors (Lipinski definition) is 4. The fourth-order valence-electron chi connectivity index (χ4n) is 2.47. The summed E-state index contributed by atoms with van der Waals surface area (Å²) in [5.74, 6) is -1.43. The van der Waals surface area contributed by atoms with Crippen LogP contribution in [0.15, 0.2) is 18.3 Å². The van der Waals surface area contributed by atoms with Crippen LogP contribution in [0.4, 0.5) is 10.2 Å². The Morgan fingerprint density at radius 1 is 1.52 bits per heavy atom. The van der Waals surface area contributed by atoms with Gasteiger partial charge in [-0.1, -0.05) is 0 Å². The van der Waals surface area contributed by atoms with Gasteiger partial charge in [0.1, 0.15) is 5.54 Å². The molecule has 2 heterocycles. The van der Waals surface area contributed by atoms with Crippen molar-refractivity contribution >= 4 is 23.6 Å². The minimum Gasteiger partial charge on any atom is -0.354 e. The minimum absolute atomic E-state index is 0.00680. The molecule has 0 spiro atoms. The predicted molar refractivity (Wildman–Crippen MR) is 82.3 cm³/mol. The number of hydroxylamine groups is 1. The van der Waals surface area contributed by atoms with Crippen molar-refractivity contribution in [1.82, 2.24) is 15.8 Å². The predicted octanol–water partition coefficient (Wildman–Crippen LogP) is 0.862. The SMILES string of the molecule is CC(=O)[C@@]1(Nc2ncc(/C=C/C(=O)NO)cc2F)CCCNC1. The highest BCUT2D eigenvalue weighted by atomic mass is 19.1. The molecule has 1 aromatic heterocycles. The fourth-order valence-corrected chi connectivity index (χ4v) is 2.47. The van der Waals surface area contributed by atoms with Crippen molar-refractivity contribution in [2.45, 2.75) is 25.3 Å². The van der Waals surface area contributed by atoms with E-state index in [0.717, 1.165) is 19.0 Å². The maximum absolute atomic E-state index is 14.2. The molecule has 8 heteroatoms. The number of pyridine rings is 1. The van der Waals surface area contributed by atoms with Gasteiger partial charge in [0, 0.05) is 18.8 Å². The molecule has 0 saturated carbocycles. The number of Topliss-reactive ketones (excluding diaryl/α,β-unsaturated/α-hetero) is 1. The van der Waals surface area contributed by atoms with Crippen LogP contribution >= 0.6 is 0 Å². The summed E-state index contributed by atoms with van der Waals surface area (Å²) < 4.78 is 14.2. The number of carbonyl (C=O) groups excluding carboxylic acids is 2. The molecule has 1 fully saturated rings. The van der Waals surface area contributed by atoms with Crippen molar-refractivity contribution in [2.75, 3.05) is 18.4 Å². The first-order chi connectivity index (χ1) is 11.0. The van der Waals surface area contributed by atoms with Gasteiger partial charge in [-0.05, 0) is 44.0 Å². The molecule has 0 aromatic carbocycles. The topological polar surface area (TPSA) is 103 Å². The van der Waals surface area contributed by atoms with E-state index in [4.69, 9.17) is 5.21 Å². The minimum atomic E-state index is -0.861. The second kappa shape index (κ2) is 7.30. The van der Waals surface area contributed by atoms with E-state index in [0.29, 0.717) is 18.5 Å². The Labute approximate surface area is 132 Å². The molecule has 1 amide bonds. The molecule has 0 aliphatic carbocycles. The number of anilines is 1. The van der Waals surface area contributed by atoms with E-state index in [9.17, 15) is 14.0 Å². The smallest absolute Gasteiger partial charge is 0.267 e. The zero-order valence-electron chi connectivity index (χ0n) is 12.7. The van der Waals surface area contributed by atoms with Crippen LogP contribution in [-0.4, -0.2) is 40.5 Å². The zero-order chi connectivity index (χ0) is 16.9. The number of nitrogens with zero attached hydrogens (tertiary/aromatic N) is 1. The fraction of sp³-hybridized carbons (Fsp3) is 0.400. The average Bonchev–Trinajstić information content (AvgIpc) is 2.55. The van der Waals surface area contributed by atoms with Crippen LogP contribution in [0.3, 0.4) is 0 Å². The van der Waals surface area contributed by atoms with Gasteiger partial charge < -0.3 is 10.6 Å². The highest BCUT2D eigenvalue weighted by molar-refractivity contribution is 5.91. The van der Waals surface area contributed by atoms with Gasteiger partial charge in [-0.15, -0.1) is 0 Å². The summed E-state index contributed by atoms with van der Waals surface area (Å²) >= 11 is 0. The van der Waals surface area contributed by atoms with E-state index in [1.807, 2.05) is 0 Å². The molecule has 0 radical (unpaired) electrons. The van der Waals surface area contributed by atoms with Gasteiger partial charge in [-0.2, -0.15) is 0 Å². The van der Waals surface area contributed by atoms with Crippen molar-refractivity contribution in [1.29, 1.82) is 0 Å². The van der Waals surface area contributed by atoms with Crippen molar-refractivity contribution < 1.29 is 19.2 Å². The summed E-state index contributed by atoms with van der Waals surface area (Å²) in [4.78, 5) is 26.9. The van der Waals surface area contributed by atoms with Gasteiger partial charge in [0.2, 0.25) is 0 Å². The molecule has 23 heavy (non-hydrogen) atoms. The number of amides is 1. The van der Waals surface area contributed by atoms with E-state index in [-0.39, 0.29) is 11.6 Å². The van der Waals surface area contributed by atoms with Gasteiger partial charge in [0.05, 0.1) is 0 Å². The van der Waals surface area contributed by atoms with Gasteiger partial charge >= 0.3 is 0 Å². The number of hydrogen-bond acceptors (Lipinski definition) is 6. The lowest BCUT2D eigenvalue weighted by Gasteiger charge is -2.36. The number of piperidine rings is 1. The standard InChI is InChI=1S/C15H19FN4O3/c1-10(21)15(5-2-6-17-9-15)19-14-12(16)7-11(8-18-14)3-4-13(22)20-23/h3-4,7-8,17,23H,2,5-6,9H2,1H3,(H,18,19)(H,20,22)/b4-3+/t15-/m1/s1. The highest BCUT2D eigenvalue weighted by Gasteiger charge is 2.37. The van der Waals surface area contributed by atoms with Crippen LogP contribution in [0.25, 0.3) is 6.08 Å². The van der Waals surface area contributed by atoms with Crippen LogP contribution in [0, 0.1) is 5.82 Å². The Hall–Kier alpha value is -2.32. The molecule has 1 aliphatic rings. The third-order valence-corrected chi connectivity index (χ3v) is 3.82. The lowest BCUT2D eigenvalue weighted by Crippen LogP contribution is -2.56. The van der Waals surface area contributed by atoms with Gasteiger partial charge in [-0.25, -0.2) is 14.9 Å². The molecule has 1 aromatic rings. The molecule has 0 bridgehead atoms. The normalized spacial score (nSPS) is 21.2. The first-order valence-electron chi connectivity index (χ1n) is 7.24. The molecule has 1 aliphatic heterocycles. The third-order valence-electron chi connectivity index (χ3n) is 3.82. The maximum Gasteiger partial charge on any atom is 0.267 e. The Morgan fingerprint density at radius 3 is 2.87 bits per heavy atom. The van der Waals surface area contributed by atoms with Crippen molar-refractivity contribution in [3.05, 3.63) is 29.7 Å². The average molecular weight is 322 g/mol. The van der Waals surface area contributed by atoms with Crippen molar-refractivity contribution in [3.63, 3.8) is 0 Å². The van der Waals surface area contributed by atoms with Crippen LogP contribution in [0.1, 0.15) is 25.3 Å². The van der Waals surface area contributed by atoms with E-state index < -0.39 is 17.3 Å². The summed E-state index contributed by atoms with van der Waals surface area (Å²) in [7, 11) is 0. The number of aromatic nitrogens is 1. The molecule has 1 atom stereocenters. The summed E-state index contributed by atoms with van der Waals surface area (Å²) in [5, 5.41) is 14.4. The lowest BCUT2D eigenvalue weighted by molar-refractivity contribution is -0.124. The molecule has 7 nitrogen and oxygen atoms in total. The molecule has 4 N–H and O–H groups in total. The molecule has 1 saturated heterocycles. The molecule has 124 valence electrons. The quantitative estimate of drug-likeness (QED) is 0.364. The van der Waals surface area contributed by atoms with Crippen LogP contribution in [-0.2, 0) is 9.59 Å². The zero-order valence-corrected chi connectivity index (χ0v) is 12.7. The largest absolute Gasteiger partial charge is 0.354 e. The van der Waals surface area contributed by atoms with Crippen molar-refractivity contribution in [2.24, 2.45) is 0 Å². The van der Waals surface area contributed by atoms with E-state index in [2.05, 4.69) is 15.6 Å². The maximum atomic E-state index is 14.2. The Bertz CT molecular complexity index is 627. The lowest BCUT2D eigenvalue weighted by atomic mass is 9.86.